The molecule has 0 atom stereocenters. The molecule has 0 unspecified atom stereocenters. The first-order valence-corrected chi connectivity index (χ1v) is 8.22. The maximum atomic E-state index is 11.9. The van der Waals surface area contributed by atoms with Crippen molar-refractivity contribution in [2.45, 2.75) is 31.1 Å². The first-order chi connectivity index (χ1) is 9.49. The molecule has 0 aromatic heterocycles. The molecule has 1 aromatic carbocycles. The van der Waals surface area contributed by atoms with Crippen molar-refractivity contribution in [1.82, 2.24) is 0 Å². The number of sulfone groups is 1. The van der Waals surface area contributed by atoms with Crippen LogP contribution in [0, 0.1) is 0 Å². The molecule has 0 spiro atoms. The van der Waals surface area contributed by atoms with Gasteiger partial charge in [-0.1, -0.05) is 6.07 Å². The first-order valence-electron chi connectivity index (χ1n) is 6.56. The summed E-state index contributed by atoms with van der Waals surface area (Å²) < 4.78 is 34.0. The Morgan fingerprint density at radius 2 is 2.10 bits per heavy atom. The summed E-state index contributed by atoms with van der Waals surface area (Å²) in [5.74, 6) is 0.454. The average Bonchev–Trinajstić information content (AvgIpc) is 2.72. The molecule has 0 bridgehead atoms. The van der Waals surface area contributed by atoms with E-state index in [0.29, 0.717) is 30.1 Å². The number of carbonyl (C=O) groups excluding carboxylic acids is 1. The number of esters is 1. The second kappa shape index (κ2) is 5.83. The molecule has 0 saturated heterocycles. The number of hydrogen-bond acceptors (Lipinski definition) is 5. The van der Waals surface area contributed by atoms with Crippen LogP contribution in [0.5, 0.6) is 5.75 Å². The maximum Gasteiger partial charge on any atom is 0.306 e. The molecule has 1 aliphatic rings. The van der Waals surface area contributed by atoms with E-state index in [4.69, 9.17) is 9.47 Å². The SMILES string of the molecule is CCOC(=O)CCc1ccc2c(c1OC)CCS2(=O)=O. The number of aryl methyl sites for hydroxylation is 1. The van der Waals surface area contributed by atoms with Gasteiger partial charge in [0.1, 0.15) is 5.75 Å². The Bertz CT molecular complexity index is 619. The predicted molar refractivity (Wildman–Crippen MR) is 73.7 cm³/mol. The summed E-state index contributed by atoms with van der Waals surface area (Å²) in [4.78, 5) is 11.7. The minimum Gasteiger partial charge on any atom is -0.496 e. The van der Waals surface area contributed by atoms with Crippen LogP contribution in [-0.2, 0) is 32.2 Å². The quantitative estimate of drug-likeness (QED) is 0.771. The average molecular weight is 298 g/mol. The fourth-order valence-corrected chi connectivity index (χ4v) is 3.99. The zero-order valence-electron chi connectivity index (χ0n) is 11.6. The van der Waals surface area contributed by atoms with Crippen LogP contribution >= 0.6 is 0 Å². The lowest BCUT2D eigenvalue weighted by molar-refractivity contribution is -0.143. The standard InChI is InChI=1S/C14H18O5S/c1-3-19-13(15)7-5-10-4-6-12-11(14(10)18-2)8-9-20(12,16)17/h4,6H,3,5,7-9H2,1-2H3. The molecule has 5 nitrogen and oxygen atoms in total. The van der Waals surface area contributed by atoms with Crippen LogP contribution < -0.4 is 4.74 Å². The van der Waals surface area contributed by atoms with Gasteiger partial charge in [-0.25, -0.2) is 8.42 Å². The monoisotopic (exact) mass is 298 g/mol. The largest absolute Gasteiger partial charge is 0.496 e. The van der Waals surface area contributed by atoms with Crippen molar-refractivity contribution in [3.8, 4) is 5.75 Å². The number of ether oxygens (including phenoxy) is 2. The highest BCUT2D eigenvalue weighted by Gasteiger charge is 2.30. The molecule has 6 heteroatoms. The molecule has 0 saturated carbocycles. The molecule has 2 rings (SSSR count). The Balaban J connectivity index is 2.26. The highest BCUT2D eigenvalue weighted by Crippen LogP contribution is 2.36. The summed E-state index contributed by atoms with van der Waals surface area (Å²) in [6.07, 6.45) is 1.21. The number of carbonyl (C=O) groups is 1. The Morgan fingerprint density at radius 1 is 1.35 bits per heavy atom. The Morgan fingerprint density at radius 3 is 2.75 bits per heavy atom. The minimum atomic E-state index is -3.17. The predicted octanol–water partition coefficient (Wildman–Crippen LogP) is 1.52. The van der Waals surface area contributed by atoms with Crippen molar-refractivity contribution < 1.29 is 22.7 Å². The van der Waals surface area contributed by atoms with E-state index in [9.17, 15) is 13.2 Å². The third-order valence-corrected chi connectivity index (χ3v) is 5.16. The lowest BCUT2D eigenvalue weighted by atomic mass is 10.0. The van der Waals surface area contributed by atoms with Gasteiger partial charge < -0.3 is 9.47 Å². The smallest absolute Gasteiger partial charge is 0.306 e. The lowest BCUT2D eigenvalue weighted by Crippen LogP contribution is -2.06. The molecule has 1 aliphatic heterocycles. The van der Waals surface area contributed by atoms with Crippen LogP contribution in [0.3, 0.4) is 0 Å². The van der Waals surface area contributed by atoms with E-state index in [1.807, 2.05) is 0 Å². The summed E-state index contributed by atoms with van der Waals surface area (Å²) in [5.41, 5.74) is 1.57. The summed E-state index contributed by atoms with van der Waals surface area (Å²) in [6, 6.07) is 3.33. The molecule has 0 N–H and O–H groups in total. The van der Waals surface area contributed by atoms with Crippen LogP contribution in [0.4, 0.5) is 0 Å². The lowest BCUT2D eigenvalue weighted by Gasteiger charge is -2.12. The van der Waals surface area contributed by atoms with Gasteiger partial charge in [0, 0.05) is 12.0 Å². The fraction of sp³-hybridized carbons (Fsp3) is 0.500. The van der Waals surface area contributed by atoms with E-state index in [1.54, 1.807) is 19.1 Å². The normalized spacial score (nSPS) is 15.7. The second-order valence-electron chi connectivity index (χ2n) is 4.61. The van der Waals surface area contributed by atoms with E-state index < -0.39 is 9.84 Å². The summed E-state index contributed by atoms with van der Waals surface area (Å²) >= 11 is 0. The van der Waals surface area contributed by atoms with Crippen LogP contribution in [0.15, 0.2) is 17.0 Å². The van der Waals surface area contributed by atoms with E-state index in [2.05, 4.69) is 0 Å². The molecular formula is C14H18O5S. The number of hydrogen-bond donors (Lipinski definition) is 0. The first kappa shape index (κ1) is 14.8. The maximum absolute atomic E-state index is 11.9. The summed E-state index contributed by atoms with van der Waals surface area (Å²) in [7, 11) is -1.64. The highest BCUT2D eigenvalue weighted by molar-refractivity contribution is 7.91. The van der Waals surface area contributed by atoms with Crippen molar-refractivity contribution in [1.29, 1.82) is 0 Å². The molecule has 20 heavy (non-hydrogen) atoms. The summed E-state index contributed by atoms with van der Waals surface area (Å²) in [5, 5.41) is 0. The molecule has 110 valence electrons. The molecule has 0 fully saturated rings. The molecule has 1 aromatic rings. The van der Waals surface area contributed by atoms with Gasteiger partial charge in [-0.2, -0.15) is 0 Å². The topological polar surface area (TPSA) is 69.7 Å². The van der Waals surface area contributed by atoms with Gasteiger partial charge in [-0.3, -0.25) is 4.79 Å². The Hall–Kier alpha value is -1.56. The van der Waals surface area contributed by atoms with Crippen molar-refractivity contribution >= 4 is 15.8 Å². The van der Waals surface area contributed by atoms with E-state index in [1.165, 1.54) is 7.11 Å². The van der Waals surface area contributed by atoms with Crippen molar-refractivity contribution in [3.05, 3.63) is 23.3 Å². The van der Waals surface area contributed by atoms with Gasteiger partial charge in [0.05, 0.1) is 24.4 Å². The van der Waals surface area contributed by atoms with E-state index in [0.717, 1.165) is 11.1 Å². The van der Waals surface area contributed by atoms with Gasteiger partial charge >= 0.3 is 5.97 Å². The van der Waals surface area contributed by atoms with Crippen LogP contribution in [0.1, 0.15) is 24.5 Å². The van der Waals surface area contributed by atoms with Crippen molar-refractivity contribution in [2.24, 2.45) is 0 Å². The van der Waals surface area contributed by atoms with Gasteiger partial charge in [0.25, 0.3) is 0 Å². The van der Waals surface area contributed by atoms with Crippen LogP contribution in [0.25, 0.3) is 0 Å². The van der Waals surface area contributed by atoms with Crippen LogP contribution in [-0.4, -0.2) is 33.9 Å². The second-order valence-corrected chi connectivity index (χ2v) is 6.69. The van der Waals surface area contributed by atoms with Gasteiger partial charge in [0.15, 0.2) is 9.84 Å². The molecule has 0 amide bonds. The fourth-order valence-electron chi connectivity index (χ4n) is 2.45. The van der Waals surface area contributed by atoms with Crippen molar-refractivity contribution in [2.75, 3.05) is 19.5 Å². The van der Waals surface area contributed by atoms with Gasteiger partial charge in [-0.05, 0) is 31.4 Å². The number of methoxy groups -OCH3 is 1. The Kier molecular flexibility index (Phi) is 4.32. The van der Waals surface area contributed by atoms with E-state index in [-0.39, 0.29) is 18.1 Å². The molecular weight excluding hydrogens is 280 g/mol. The van der Waals surface area contributed by atoms with Crippen molar-refractivity contribution in [3.63, 3.8) is 0 Å². The third kappa shape index (κ3) is 2.80. The molecule has 0 radical (unpaired) electrons. The third-order valence-electron chi connectivity index (χ3n) is 3.36. The zero-order valence-corrected chi connectivity index (χ0v) is 12.5. The highest BCUT2D eigenvalue weighted by atomic mass is 32.2. The van der Waals surface area contributed by atoms with Crippen LogP contribution in [0.2, 0.25) is 0 Å². The van der Waals surface area contributed by atoms with Gasteiger partial charge in [0.2, 0.25) is 0 Å². The summed E-state index contributed by atoms with van der Waals surface area (Å²) in [6.45, 7) is 2.12. The number of fused-ring (bicyclic) bond motifs is 1. The molecule has 1 heterocycles. The van der Waals surface area contributed by atoms with E-state index >= 15 is 0 Å². The van der Waals surface area contributed by atoms with Gasteiger partial charge in [-0.15, -0.1) is 0 Å². The zero-order chi connectivity index (χ0) is 14.8. The minimum absolute atomic E-state index is 0.125. The number of rotatable bonds is 5. The number of benzene rings is 1. The Labute approximate surface area is 118 Å². The molecule has 0 aliphatic carbocycles.